The van der Waals surface area contributed by atoms with Crippen LogP contribution in [0.1, 0.15) is 31.2 Å². The van der Waals surface area contributed by atoms with E-state index >= 15 is 0 Å². The average Bonchev–Trinajstić information content (AvgIpc) is 3.55. The molecule has 5 rings (SSSR count). The summed E-state index contributed by atoms with van der Waals surface area (Å²) in [5, 5.41) is 5.54. The van der Waals surface area contributed by atoms with Gasteiger partial charge in [0.25, 0.3) is 5.88 Å². The second-order valence-electron chi connectivity index (χ2n) is 8.83. The number of benzene rings is 1. The molecule has 1 saturated heterocycles. The molecule has 1 aliphatic heterocycles. The molecule has 3 heterocycles. The molecule has 1 saturated carbocycles. The Morgan fingerprint density at radius 3 is 2.59 bits per heavy atom. The molecular weight excluding hydrogens is 426 g/mol. The van der Waals surface area contributed by atoms with E-state index in [1.165, 1.54) is 12.8 Å². The second-order valence-corrected chi connectivity index (χ2v) is 9.24. The zero-order valence-corrected chi connectivity index (χ0v) is 19.7. The number of aromatic nitrogens is 2. The maximum absolute atomic E-state index is 6.71. The second kappa shape index (κ2) is 8.83. The fraction of sp³-hybridized carbons (Fsp3) is 0.480. The van der Waals surface area contributed by atoms with Crippen molar-refractivity contribution >= 4 is 22.8 Å². The zero-order chi connectivity index (χ0) is 22.2. The van der Waals surface area contributed by atoms with Crippen molar-refractivity contribution in [3.8, 4) is 22.9 Å². The topological polar surface area (TPSA) is 48.2 Å². The maximum atomic E-state index is 6.71. The molecule has 32 heavy (non-hydrogen) atoms. The Morgan fingerprint density at radius 1 is 1.12 bits per heavy atom. The highest BCUT2D eigenvalue weighted by Crippen LogP contribution is 2.43. The van der Waals surface area contributed by atoms with Crippen LogP contribution in [0.15, 0.2) is 30.3 Å². The van der Waals surface area contributed by atoms with Gasteiger partial charge in [-0.15, -0.1) is 5.10 Å². The van der Waals surface area contributed by atoms with Crippen LogP contribution >= 0.6 is 11.6 Å². The fourth-order valence-corrected chi connectivity index (χ4v) is 5.11. The third kappa shape index (κ3) is 3.90. The quantitative estimate of drug-likeness (QED) is 0.479. The Labute approximate surface area is 194 Å². The molecule has 3 aromatic rings. The molecule has 1 aromatic carbocycles. The third-order valence-electron chi connectivity index (χ3n) is 6.54. The first kappa shape index (κ1) is 21.4. The van der Waals surface area contributed by atoms with E-state index in [0.29, 0.717) is 16.9 Å². The van der Waals surface area contributed by atoms with Gasteiger partial charge in [0, 0.05) is 25.8 Å². The van der Waals surface area contributed by atoms with Crippen LogP contribution in [-0.4, -0.2) is 49.6 Å². The van der Waals surface area contributed by atoms with E-state index in [2.05, 4.69) is 17.0 Å². The Hall–Kier alpha value is -2.44. The number of methoxy groups -OCH3 is 2. The zero-order valence-electron chi connectivity index (χ0n) is 18.9. The predicted octanol–water partition coefficient (Wildman–Crippen LogP) is 5.38. The summed E-state index contributed by atoms with van der Waals surface area (Å²) < 4.78 is 19.1. The van der Waals surface area contributed by atoms with Gasteiger partial charge in [0.1, 0.15) is 11.4 Å². The van der Waals surface area contributed by atoms with Crippen molar-refractivity contribution in [1.82, 2.24) is 9.61 Å². The van der Waals surface area contributed by atoms with Gasteiger partial charge in [-0.1, -0.05) is 17.7 Å². The minimum absolute atomic E-state index is 0.424. The van der Waals surface area contributed by atoms with E-state index in [1.807, 2.05) is 29.6 Å². The van der Waals surface area contributed by atoms with Gasteiger partial charge in [0.05, 0.1) is 36.0 Å². The van der Waals surface area contributed by atoms with E-state index in [4.69, 9.17) is 30.9 Å². The number of rotatable bonds is 7. The summed E-state index contributed by atoms with van der Waals surface area (Å²) in [7, 11) is 3.37. The smallest absolute Gasteiger partial charge is 0.257 e. The van der Waals surface area contributed by atoms with Crippen LogP contribution in [0.25, 0.3) is 16.8 Å². The Balaban J connectivity index is 1.69. The van der Waals surface area contributed by atoms with Gasteiger partial charge < -0.3 is 19.1 Å². The van der Waals surface area contributed by atoms with E-state index < -0.39 is 0 Å². The summed E-state index contributed by atoms with van der Waals surface area (Å²) >= 11 is 6.71. The molecule has 0 spiro atoms. The molecule has 0 atom stereocenters. The summed E-state index contributed by atoms with van der Waals surface area (Å²) in [5.74, 6) is 2.12. The number of anilines is 1. The van der Waals surface area contributed by atoms with Gasteiger partial charge in [0.15, 0.2) is 0 Å². The molecular formula is C25H30ClN3O3. The monoisotopic (exact) mass is 455 g/mol. The van der Waals surface area contributed by atoms with Gasteiger partial charge in [0.2, 0.25) is 0 Å². The first-order valence-corrected chi connectivity index (χ1v) is 11.7. The molecule has 7 heteroatoms. The van der Waals surface area contributed by atoms with Crippen LogP contribution in [0, 0.1) is 12.8 Å². The summed E-state index contributed by atoms with van der Waals surface area (Å²) in [6.07, 6.45) is 4.63. The largest absolute Gasteiger partial charge is 0.496 e. The number of hydrogen-bond acceptors (Lipinski definition) is 5. The molecule has 0 unspecified atom stereocenters. The number of aryl methyl sites for hydroxylation is 1. The van der Waals surface area contributed by atoms with Crippen molar-refractivity contribution in [3.05, 3.63) is 40.9 Å². The lowest BCUT2D eigenvalue weighted by molar-refractivity contribution is 0.0841. The van der Waals surface area contributed by atoms with Gasteiger partial charge in [-0.05, 0) is 68.4 Å². The van der Waals surface area contributed by atoms with Gasteiger partial charge in [-0.3, -0.25) is 0 Å². The van der Waals surface area contributed by atoms with E-state index in [9.17, 15) is 0 Å². The lowest BCUT2D eigenvalue weighted by Gasteiger charge is -2.36. The third-order valence-corrected chi connectivity index (χ3v) is 6.84. The summed E-state index contributed by atoms with van der Waals surface area (Å²) in [6, 6.07) is 10.6. The number of pyridine rings is 1. The highest BCUT2D eigenvalue weighted by molar-refractivity contribution is 6.33. The molecule has 2 aromatic heterocycles. The van der Waals surface area contributed by atoms with Crippen LogP contribution in [0.3, 0.4) is 0 Å². The number of nitrogens with zero attached hydrogens (tertiary/aromatic N) is 3. The Kier molecular flexibility index (Phi) is 5.91. The van der Waals surface area contributed by atoms with Crippen LogP contribution in [-0.2, 0) is 4.74 Å². The highest BCUT2D eigenvalue weighted by Gasteiger charge is 2.33. The molecule has 0 N–H and O–H groups in total. The molecule has 2 fully saturated rings. The molecule has 0 bridgehead atoms. The SMILES string of the molecule is COc1cc(C)cc(Cl)c1-c1cccc2c(N(CC3CC3)C3CCOCC3)c(OC)nn12. The van der Waals surface area contributed by atoms with Gasteiger partial charge in [-0.25, -0.2) is 4.52 Å². The van der Waals surface area contributed by atoms with E-state index in [1.54, 1.807) is 14.2 Å². The van der Waals surface area contributed by atoms with Crippen LogP contribution in [0.5, 0.6) is 11.6 Å². The van der Waals surface area contributed by atoms with Gasteiger partial charge in [-0.2, -0.15) is 0 Å². The van der Waals surface area contributed by atoms with Crippen molar-refractivity contribution in [2.24, 2.45) is 5.92 Å². The Bertz CT molecular complexity index is 1120. The molecule has 2 aliphatic rings. The van der Waals surface area contributed by atoms with Crippen molar-refractivity contribution in [2.45, 2.75) is 38.6 Å². The van der Waals surface area contributed by atoms with Crippen molar-refractivity contribution in [1.29, 1.82) is 0 Å². The number of halogens is 1. The highest BCUT2D eigenvalue weighted by atomic mass is 35.5. The molecule has 6 nitrogen and oxygen atoms in total. The lowest BCUT2D eigenvalue weighted by atomic mass is 10.0. The minimum Gasteiger partial charge on any atom is -0.496 e. The van der Waals surface area contributed by atoms with Crippen LogP contribution in [0.2, 0.25) is 5.02 Å². The van der Waals surface area contributed by atoms with E-state index in [-0.39, 0.29) is 0 Å². The lowest BCUT2D eigenvalue weighted by Crippen LogP contribution is -2.41. The van der Waals surface area contributed by atoms with Crippen molar-refractivity contribution < 1.29 is 14.2 Å². The summed E-state index contributed by atoms with van der Waals surface area (Å²) in [6.45, 7) is 4.64. The predicted molar refractivity (Wildman–Crippen MR) is 127 cm³/mol. The summed E-state index contributed by atoms with van der Waals surface area (Å²) in [5.41, 5.74) is 4.85. The normalized spacial score (nSPS) is 17.0. The van der Waals surface area contributed by atoms with Crippen molar-refractivity contribution in [3.63, 3.8) is 0 Å². The van der Waals surface area contributed by atoms with Gasteiger partial charge >= 0.3 is 0 Å². The summed E-state index contributed by atoms with van der Waals surface area (Å²) in [4.78, 5) is 2.53. The van der Waals surface area contributed by atoms with Crippen LogP contribution in [0.4, 0.5) is 5.69 Å². The number of fused-ring (bicyclic) bond motifs is 1. The number of hydrogen-bond donors (Lipinski definition) is 0. The van der Waals surface area contributed by atoms with E-state index in [0.717, 1.165) is 72.3 Å². The maximum Gasteiger partial charge on any atom is 0.257 e. The number of ether oxygens (including phenoxy) is 3. The molecule has 170 valence electrons. The average molecular weight is 456 g/mol. The van der Waals surface area contributed by atoms with Crippen molar-refractivity contribution in [2.75, 3.05) is 38.9 Å². The molecule has 0 radical (unpaired) electrons. The Morgan fingerprint density at radius 2 is 1.91 bits per heavy atom. The fourth-order valence-electron chi connectivity index (χ4n) is 4.75. The minimum atomic E-state index is 0.424. The van der Waals surface area contributed by atoms with Crippen LogP contribution < -0.4 is 14.4 Å². The molecule has 0 amide bonds. The standard InChI is InChI=1S/C25H30ClN3O3/c1-16-13-19(26)23(22(14-16)30-2)20-5-4-6-21-24(25(31-3)27-29(20)21)28(15-17-7-8-17)18-9-11-32-12-10-18/h4-6,13-14,17-18H,7-12,15H2,1-3H3. The first-order chi connectivity index (χ1) is 15.6. The molecule has 1 aliphatic carbocycles. The first-order valence-electron chi connectivity index (χ1n) is 11.3.